The van der Waals surface area contributed by atoms with Crippen molar-refractivity contribution in [3.05, 3.63) is 24.3 Å². The van der Waals surface area contributed by atoms with Crippen molar-refractivity contribution in [2.24, 2.45) is 11.8 Å². The number of fused-ring (bicyclic) bond motifs is 1. The predicted molar refractivity (Wildman–Crippen MR) is 96.1 cm³/mol. The Morgan fingerprint density at radius 2 is 1.23 bits per heavy atom. The summed E-state index contributed by atoms with van der Waals surface area (Å²) in [7, 11) is 0. The lowest BCUT2D eigenvalue weighted by atomic mass is 10.1. The van der Waals surface area contributed by atoms with Crippen LogP contribution < -0.4 is 9.47 Å². The number of rotatable bonds is 8. The summed E-state index contributed by atoms with van der Waals surface area (Å²) in [4.78, 5) is 24.9. The van der Waals surface area contributed by atoms with Gasteiger partial charge in [0.2, 0.25) is 12.2 Å². The lowest BCUT2D eigenvalue weighted by Crippen LogP contribution is -2.51. The highest BCUT2D eigenvalue weighted by Crippen LogP contribution is 2.34. The Balaban J connectivity index is 2.07. The molecule has 0 fully saturated rings. The average molecular weight is 364 g/mol. The topological polar surface area (TPSA) is 71.1 Å². The molecule has 6 nitrogen and oxygen atoms in total. The lowest BCUT2D eigenvalue weighted by Gasteiger charge is -2.31. The van der Waals surface area contributed by atoms with Crippen LogP contribution in [0.3, 0.4) is 0 Å². The van der Waals surface area contributed by atoms with Gasteiger partial charge in [0.15, 0.2) is 11.5 Å². The van der Waals surface area contributed by atoms with Crippen LogP contribution in [-0.2, 0) is 19.1 Å². The maximum Gasteiger partial charge on any atom is 0.351 e. The van der Waals surface area contributed by atoms with Crippen molar-refractivity contribution in [3.8, 4) is 11.5 Å². The van der Waals surface area contributed by atoms with E-state index in [1.54, 1.807) is 24.3 Å². The molecule has 0 saturated heterocycles. The van der Waals surface area contributed by atoms with Gasteiger partial charge in [-0.25, -0.2) is 9.59 Å². The van der Waals surface area contributed by atoms with E-state index >= 15 is 0 Å². The molecule has 0 amide bonds. The van der Waals surface area contributed by atoms with Gasteiger partial charge in [-0.15, -0.1) is 0 Å². The summed E-state index contributed by atoms with van der Waals surface area (Å²) in [6, 6.07) is 6.91. The minimum Gasteiger partial charge on any atom is -0.470 e. The smallest absolute Gasteiger partial charge is 0.351 e. The highest BCUT2D eigenvalue weighted by Gasteiger charge is 2.44. The fourth-order valence-electron chi connectivity index (χ4n) is 2.34. The Bertz CT molecular complexity index is 557. The van der Waals surface area contributed by atoms with Crippen LogP contribution in [0.4, 0.5) is 0 Å². The molecule has 2 unspecified atom stereocenters. The number of esters is 2. The molecule has 1 aromatic rings. The average Bonchev–Trinajstić information content (AvgIpc) is 2.59. The summed E-state index contributed by atoms with van der Waals surface area (Å²) in [5.41, 5.74) is 0. The van der Waals surface area contributed by atoms with E-state index in [0.29, 0.717) is 23.3 Å². The molecule has 0 aliphatic carbocycles. The van der Waals surface area contributed by atoms with Gasteiger partial charge in [0.05, 0.1) is 13.2 Å². The Morgan fingerprint density at radius 3 is 1.58 bits per heavy atom. The van der Waals surface area contributed by atoms with Gasteiger partial charge < -0.3 is 18.9 Å². The van der Waals surface area contributed by atoms with Crippen molar-refractivity contribution in [1.82, 2.24) is 0 Å². The molecule has 2 atom stereocenters. The van der Waals surface area contributed by atoms with Gasteiger partial charge in [0.1, 0.15) is 0 Å². The highest BCUT2D eigenvalue weighted by atomic mass is 16.6. The van der Waals surface area contributed by atoms with Crippen molar-refractivity contribution in [3.63, 3.8) is 0 Å². The SMILES string of the molecule is CC(C)CCOC(=O)C1Oc2ccccc2OC1C(=O)OCCC(C)C. The van der Waals surface area contributed by atoms with Crippen LogP contribution in [0.2, 0.25) is 0 Å². The predicted octanol–water partition coefficient (Wildman–Crippen LogP) is 3.37. The molecular formula is C20H28O6. The zero-order valence-electron chi connectivity index (χ0n) is 15.9. The second-order valence-corrected chi connectivity index (χ2v) is 7.22. The van der Waals surface area contributed by atoms with Crippen LogP contribution in [0.25, 0.3) is 0 Å². The molecule has 0 saturated carbocycles. The van der Waals surface area contributed by atoms with Crippen LogP contribution in [-0.4, -0.2) is 37.4 Å². The van der Waals surface area contributed by atoms with Crippen LogP contribution >= 0.6 is 0 Å². The molecule has 144 valence electrons. The molecule has 0 aromatic heterocycles. The summed E-state index contributed by atoms with van der Waals surface area (Å²) < 4.78 is 22.0. The van der Waals surface area contributed by atoms with E-state index in [1.165, 1.54) is 0 Å². The Labute approximate surface area is 154 Å². The van der Waals surface area contributed by atoms with Crippen molar-refractivity contribution in [2.45, 2.75) is 52.7 Å². The number of para-hydroxylation sites is 2. The molecule has 2 rings (SSSR count). The van der Waals surface area contributed by atoms with Crippen molar-refractivity contribution >= 4 is 11.9 Å². The first-order chi connectivity index (χ1) is 12.4. The van der Waals surface area contributed by atoms with Gasteiger partial charge in [-0.1, -0.05) is 39.8 Å². The minimum absolute atomic E-state index is 0.271. The van der Waals surface area contributed by atoms with E-state index in [0.717, 1.165) is 12.8 Å². The third kappa shape index (κ3) is 5.64. The van der Waals surface area contributed by atoms with E-state index < -0.39 is 24.1 Å². The molecule has 0 bridgehead atoms. The third-order valence-corrected chi connectivity index (χ3v) is 3.98. The molecule has 0 N–H and O–H groups in total. The summed E-state index contributed by atoms with van der Waals surface area (Å²) in [5.74, 6) is 0.388. The molecule has 6 heteroatoms. The maximum absolute atomic E-state index is 12.5. The number of hydrogen-bond acceptors (Lipinski definition) is 6. The monoisotopic (exact) mass is 364 g/mol. The number of ether oxygens (including phenoxy) is 4. The van der Waals surface area contributed by atoms with Gasteiger partial charge in [0, 0.05) is 0 Å². The number of hydrogen-bond donors (Lipinski definition) is 0. The van der Waals surface area contributed by atoms with Crippen molar-refractivity contribution in [1.29, 1.82) is 0 Å². The third-order valence-electron chi connectivity index (χ3n) is 3.98. The summed E-state index contributed by atoms with van der Waals surface area (Å²) in [6.45, 7) is 8.71. The van der Waals surface area contributed by atoms with Crippen LogP contribution in [0.15, 0.2) is 24.3 Å². The van der Waals surface area contributed by atoms with Crippen LogP contribution in [0, 0.1) is 11.8 Å². The molecule has 26 heavy (non-hydrogen) atoms. The van der Waals surface area contributed by atoms with Crippen LogP contribution in [0.5, 0.6) is 11.5 Å². The molecule has 0 spiro atoms. The first-order valence-electron chi connectivity index (χ1n) is 9.14. The number of benzene rings is 1. The Kier molecular flexibility index (Phi) is 7.30. The van der Waals surface area contributed by atoms with E-state index in [9.17, 15) is 9.59 Å². The first-order valence-corrected chi connectivity index (χ1v) is 9.14. The number of carbonyl (C=O) groups is 2. The number of carbonyl (C=O) groups excluding carboxylic acids is 2. The maximum atomic E-state index is 12.5. The standard InChI is InChI=1S/C20H28O6/c1-13(2)9-11-23-19(21)17-18(20(22)24-12-10-14(3)4)26-16-8-6-5-7-15(16)25-17/h5-8,13-14,17-18H,9-12H2,1-4H3. The first kappa shape index (κ1) is 20.1. The molecule has 1 aliphatic rings. The quantitative estimate of drug-likeness (QED) is 0.659. The second kappa shape index (κ2) is 9.46. The largest absolute Gasteiger partial charge is 0.470 e. The molecular weight excluding hydrogens is 336 g/mol. The Morgan fingerprint density at radius 1 is 0.846 bits per heavy atom. The van der Waals surface area contributed by atoms with Gasteiger partial charge in [-0.3, -0.25) is 0 Å². The fourth-order valence-corrected chi connectivity index (χ4v) is 2.34. The molecule has 0 radical (unpaired) electrons. The van der Waals surface area contributed by atoms with Gasteiger partial charge in [-0.2, -0.15) is 0 Å². The fraction of sp³-hybridized carbons (Fsp3) is 0.600. The van der Waals surface area contributed by atoms with Crippen molar-refractivity contribution in [2.75, 3.05) is 13.2 Å². The van der Waals surface area contributed by atoms with Gasteiger partial charge >= 0.3 is 11.9 Å². The van der Waals surface area contributed by atoms with E-state index in [1.807, 2.05) is 27.7 Å². The Hall–Kier alpha value is -2.24. The van der Waals surface area contributed by atoms with E-state index in [-0.39, 0.29) is 13.2 Å². The highest BCUT2D eigenvalue weighted by molar-refractivity contribution is 5.87. The molecule has 1 aliphatic heterocycles. The second-order valence-electron chi connectivity index (χ2n) is 7.22. The van der Waals surface area contributed by atoms with Gasteiger partial charge in [0.25, 0.3) is 0 Å². The summed E-state index contributed by atoms with van der Waals surface area (Å²) >= 11 is 0. The van der Waals surface area contributed by atoms with E-state index in [4.69, 9.17) is 18.9 Å². The minimum atomic E-state index is -1.18. The zero-order valence-corrected chi connectivity index (χ0v) is 15.9. The van der Waals surface area contributed by atoms with Crippen LogP contribution in [0.1, 0.15) is 40.5 Å². The van der Waals surface area contributed by atoms with Crippen molar-refractivity contribution < 1.29 is 28.5 Å². The summed E-state index contributed by atoms with van der Waals surface area (Å²) in [5, 5.41) is 0. The summed E-state index contributed by atoms with van der Waals surface area (Å²) in [6.07, 6.45) is -0.883. The molecule has 1 aromatic carbocycles. The zero-order chi connectivity index (χ0) is 19.1. The van der Waals surface area contributed by atoms with Gasteiger partial charge in [-0.05, 0) is 36.8 Å². The molecule has 1 heterocycles. The lowest BCUT2D eigenvalue weighted by molar-refractivity contribution is -0.172. The normalized spacial score (nSPS) is 18.7. The van der Waals surface area contributed by atoms with E-state index in [2.05, 4.69) is 0 Å².